The first-order valence-electron chi connectivity index (χ1n) is 6.43. The molecule has 1 fully saturated rings. The summed E-state index contributed by atoms with van der Waals surface area (Å²) in [4.78, 5) is 13.6. The van der Waals surface area contributed by atoms with Crippen molar-refractivity contribution in [2.45, 2.75) is 19.3 Å². The summed E-state index contributed by atoms with van der Waals surface area (Å²) in [6.07, 6.45) is 5.08. The number of amides is 1. The normalized spacial score (nSPS) is 16.0. The number of likely N-dealkylation sites (N-methyl/N-ethyl adjacent to an activating group) is 1. The molecule has 0 spiro atoms. The van der Waals surface area contributed by atoms with Gasteiger partial charge in [-0.25, -0.2) is 0 Å². The van der Waals surface area contributed by atoms with Gasteiger partial charge >= 0.3 is 0 Å². The molecule has 0 atom stereocenters. The standard InChI is InChI=1S/C14H17N3O2/c1-16-14(18)11(10-15)9-12-5-6-13(19-12)17-7-3-2-4-8-17/h5-6,9H,2-4,7-8H2,1H3,(H,16,18). The van der Waals surface area contributed by atoms with Crippen molar-refractivity contribution in [1.82, 2.24) is 5.32 Å². The first-order valence-corrected chi connectivity index (χ1v) is 6.43. The minimum atomic E-state index is -0.404. The van der Waals surface area contributed by atoms with Crippen LogP contribution in [0.4, 0.5) is 5.88 Å². The number of furan rings is 1. The molecule has 1 amide bonds. The van der Waals surface area contributed by atoms with E-state index in [4.69, 9.17) is 9.68 Å². The van der Waals surface area contributed by atoms with Crippen LogP contribution in [0.5, 0.6) is 0 Å². The van der Waals surface area contributed by atoms with Crippen molar-refractivity contribution in [2.24, 2.45) is 0 Å². The van der Waals surface area contributed by atoms with Gasteiger partial charge in [-0.2, -0.15) is 5.26 Å². The van der Waals surface area contributed by atoms with Crippen molar-refractivity contribution in [3.63, 3.8) is 0 Å². The summed E-state index contributed by atoms with van der Waals surface area (Å²) < 4.78 is 5.67. The second-order valence-corrected chi connectivity index (χ2v) is 4.47. The lowest BCUT2D eigenvalue weighted by Crippen LogP contribution is -2.28. The number of carbonyl (C=O) groups is 1. The zero-order valence-corrected chi connectivity index (χ0v) is 11.0. The summed E-state index contributed by atoms with van der Waals surface area (Å²) in [6, 6.07) is 5.53. The van der Waals surface area contributed by atoms with Crippen molar-refractivity contribution < 1.29 is 9.21 Å². The molecule has 5 nitrogen and oxygen atoms in total. The summed E-state index contributed by atoms with van der Waals surface area (Å²) in [5, 5.41) is 11.3. The largest absolute Gasteiger partial charge is 0.441 e. The summed E-state index contributed by atoms with van der Waals surface area (Å²) in [5.41, 5.74) is 0.0436. The monoisotopic (exact) mass is 259 g/mol. The Balaban J connectivity index is 2.14. The van der Waals surface area contributed by atoms with Crippen LogP contribution < -0.4 is 10.2 Å². The van der Waals surface area contributed by atoms with Crippen LogP contribution in [0.3, 0.4) is 0 Å². The second-order valence-electron chi connectivity index (χ2n) is 4.47. The van der Waals surface area contributed by atoms with Crippen LogP contribution >= 0.6 is 0 Å². The lowest BCUT2D eigenvalue weighted by atomic mass is 10.1. The van der Waals surface area contributed by atoms with Crippen LogP contribution in [-0.2, 0) is 4.79 Å². The average molecular weight is 259 g/mol. The molecule has 0 bridgehead atoms. The van der Waals surface area contributed by atoms with E-state index in [2.05, 4.69) is 10.2 Å². The van der Waals surface area contributed by atoms with Gasteiger partial charge in [0.2, 0.25) is 0 Å². The summed E-state index contributed by atoms with van der Waals surface area (Å²) in [5.74, 6) is 0.930. The highest BCUT2D eigenvalue weighted by atomic mass is 16.4. The summed E-state index contributed by atoms with van der Waals surface area (Å²) >= 11 is 0. The van der Waals surface area contributed by atoms with Crippen molar-refractivity contribution >= 4 is 17.9 Å². The maximum Gasteiger partial charge on any atom is 0.261 e. The Kier molecular flexibility index (Phi) is 4.24. The number of hydrogen-bond donors (Lipinski definition) is 1. The van der Waals surface area contributed by atoms with Crippen LogP contribution in [0.15, 0.2) is 22.1 Å². The van der Waals surface area contributed by atoms with Crippen LogP contribution in [0.1, 0.15) is 25.0 Å². The number of nitriles is 1. The second kappa shape index (κ2) is 6.10. The van der Waals surface area contributed by atoms with E-state index in [-0.39, 0.29) is 5.57 Å². The molecule has 19 heavy (non-hydrogen) atoms. The molecule has 0 radical (unpaired) electrons. The maximum absolute atomic E-state index is 11.4. The molecule has 1 saturated heterocycles. The fourth-order valence-electron chi connectivity index (χ4n) is 2.13. The Morgan fingerprint density at radius 3 is 2.79 bits per heavy atom. The molecular formula is C14H17N3O2. The van der Waals surface area contributed by atoms with E-state index in [0.29, 0.717) is 5.76 Å². The summed E-state index contributed by atoms with van der Waals surface area (Å²) in [7, 11) is 1.49. The summed E-state index contributed by atoms with van der Waals surface area (Å²) in [6.45, 7) is 1.99. The van der Waals surface area contributed by atoms with Crippen LogP contribution in [0, 0.1) is 11.3 Å². The highest BCUT2D eigenvalue weighted by molar-refractivity contribution is 6.01. The highest BCUT2D eigenvalue weighted by Gasteiger charge is 2.14. The fraction of sp³-hybridized carbons (Fsp3) is 0.429. The SMILES string of the molecule is CNC(=O)C(C#N)=Cc1ccc(N2CCCCC2)o1. The molecule has 1 aromatic heterocycles. The number of carbonyl (C=O) groups excluding carboxylic acids is 1. The van der Waals surface area contributed by atoms with Gasteiger partial charge in [0.1, 0.15) is 17.4 Å². The van der Waals surface area contributed by atoms with E-state index in [1.165, 1.54) is 32.4 Å². The first kappa shape index (κ1) is 13.2. The Morgan fingerprint density at radius 1 is 1.42 bits per heavy atom. The Labute approximate surface area is 112 Å². The number of nitrogens with zero attached hydrogens (tertiary/aromatic N) is 2. The van der Waals surface area contributed by atoms with Crippen molar-refractivity contribution in [3.05, 3.63) is 23.5 Å². The van der Waals surface area contributed by atoms with Crippen molar-refractivity contribution in [3.8, 4) is 6.07 Å². The van der Waals surface area contributed by atoms with Gasteiger partial charge in [0, 0.05) is 32.3 Å². The smallest absolute Gasteiger partial charge is 0.261 e. The maximum atomic E-state index is 11.4. The van der Waals surface area contributed by atoms with E-state index in [9.17, 15) is 4.79 Å². The van der Waals surface area contributed by atoms with E-state index in [0.717, 1.165) is 19.0 Å². The molecule has 1 N–H and O–H groups in total. The van der Waals surface area contributed by atoms with Crippen LogP contribution in [-0.4, -0.2) is 26.0 Å². The van der Waals surface area contributed by atoms with Gasteiger partial charge in [0.25, 0.3) is 5.91 Å². The predicted octanol–water partition coefficient (Wildman–Crippen LogP) is 1.92. The number of rotatable bonds is 3. The van der Waals surface area contributed by atoms with Gasteiger partial charge in [-0.05, 0) is 25.3 Å². The molecule has 100 valence electrons. The zero-order valence-electron chi connectivity index (χ0n) is 11.0. The molecule has 0 saturated carbocycles. The number of anilines is 1. The topological polar surface area (TPSA) is 69.3 Å². The first-order chi connectivity index (χ1) is 9.24. The van der Waals surface area contributed by atoms with Gasteiger partial charge in [-0.1, -0.05) is 0 Å². The molecule has 2 rings (SSSR count). The zero-order chi connectivity index (χ0) is 13.7. The van der Waals surface area contributed by atoms with E-state index < -0.39 is 5.91 Å². The molecule has 2 heterocycles. The third-order valence-electron chi connectivity index (χ3n) is 3.16. The number of hydrogen-bond acceptors (Lipinski definition) is 4. The predicted molar refractivity (Wildman–Crippen MR) is 72.4 cm³/mol. The molecule has 1 aliphatic heterocycles. The van der Waals surface area contributed by atoms with Crippen molar-refractivity contribution in [2.75, 3.05) is 25.0 Å². The molecule has 0 aromatic carbocycles. The minimum Gasteiger partial charge on any atom is -0.441 e. The number of piperidine rings is 1. The highest BCUT2D eigenvalue weighted by Crippen LogP contribution is 2.23. The Morgan fingerprint density at radius 2 is 2.16 bits per heavy atom. The lowest BCUT2D eigenvalue weighted by Gasteiger charge is -2.25. The molecule has 1 aromatic rings. The third kappa shape index (κ3) is 3.16. The Hall–Kier alpha value is -2.22. The van der Waals surface area contributed by atoms with E-state index in [1.807, 2.05) is 12.1 Å². The van der Waals surface area contributed by atoms with E-state index >= 15 is 0 Å². The molecule has 5 heteroatoms. The van der Waals surface area contributed by atoms with Crippen LogP contribution in [0.2, 0.25) is 0 Å². The molecule has 0 unspecified atom stereocenters. The van der Waals surface area contributed by atoms with E-state index in [1.54, 1.807) is 6.07 Å². The van der Waals surface area contributed by atoms with Gasteiger partial charge in [-0.3, -0.25) is 4.79 Å². The molecular weight excluding hydrogens is 242 g/mol. The third-order valence-corrected chi connectivity index (χ3v) is 3.16. The average Bonchev–Trinajstić information content (AvgIpc) is 2.93. The molecule has 0 aliphatic carbocycles. The van der Waals surface area contributed by atoms with Gasteiger partial charge < -0.3 is 14.6 Å². The fourth-order valence-corrected chi connectivity index (χ4v) is 2.13. The number of nitrogens with one attached hydrogen (secondary N) is 1. The van der Waals surface area contributed by atoms with Gasteiger partial charge in [-0.15, -0.1) is 0 Å². The molecule has 1 aliphatic rings. The van der Waals surface area contributed by atoms with Crippen LogP contribution in [0.25, 0.3) is 6.08 Å². The van der Waals surface area contributed by atoms with Crippen molar-refractivity contribution in [1.29, 1.82) is 5.26 Å². The quantitative estimate of drug-likeness (QED) is 0.665. The lowest BCUT2D eigenvalue weighted by molar-refractivity contribution is -0.116. The Bertz CT molecular complexity index is 519. The van der Waals surface area contributed by atoms with Gasteiger partial charge in [0.15, 0.2) is 5.88 Å². The van der Waals surface area contributed by atoms with Gasteiger partial charge in [0.05, 0.1) is 0 Å². The minimum absolute atomic E-state index is 0.0436.